The van der Waals surface area contributed by atoms with Gasteiger partial charge in [0.2, 0.25) is 5.91 Å². The fourth-order valence-electron chi connectivity index (χ4n) is 3.24. The molecule has 0 spiro atoms. The molecule has 0 aromatic heterocycles. The number of hydrogen-bond donors (Lipinski definition) is 1. The number of benzene rings is 3. The molecule has 6 nitrogen and oxygen atoms in total. The molecule has 0 aliphatic rings. The van der Waals surface area contributed by atoms with Crippen LogP contribution in [0.25, 0.3) is 0 Å². The second-order valence-electron chi connectivity index (χ2n) is 7.32. The van der Waals surface area contributed by atoms with Gasteiger partial charge in [-0.05, 0) is 50.2 Å². The third-order valence-electron chi connectivity index (χ3n) is 4.84. The molecular weight excluding hydrogens is 469 g/mol. The first-order valence-electron chi connectivity index (χ1n) is 10.3. The fraction of sp³-hybridized carbons (Fsp3) is 0.208. The maximum Gasteiger partial charge on any atom is 0.418 e. The molecule has 0 heterocycles. The Balaban J connectivity index is 2.02. The Kier molecular flexibility index (Phi) is 7.51. The van der Waals surface area contributed by atoms with E-state index in [1.165, 1.54) is 30.3 Å². The number of para-hydroxylation sites is 3. The van der Waals surface area contributed by atoms with Gasteiger partial charge in [-0.3, -0.25) is 9.10 Å². The van der Waals surface area contributed by atoms with E-state index in [2.05, 4.69) is 5.32 Å². The van der Waals surface area contributed by atoms with Crippen LogP contribution in [0.4, 0.5) is 24.5 Å². The highest BCUT2D eigenvalue weighted by molar-refractivity contribution is 7.92. The Morgan fingerprint density at radius 1 is 0.971 bits per heavy atom. The van der Waals surface area contributed by atoms with Crippen LogP contribution in [0.15, 0.2) is 77.7 Å². The van der Waals surface area contributed by atoms with Crippen molar-refractivity contribution < 1.29 is 31.1 Å². The first-order valence-corrected chi connectivity index (χ1v) is 11.8. The van der Waals surface area contributed by atoms with Gasteiger partial charge in [-0.1, -0.05) is 42.0 Å². The Morgan fingerprint density at radius 2 is 1.59 bits per heavy atom. The van der Waals surface area contributed by atoms with E-state index >= 15 is 0 Å². The molecule has 10 heteroatoms. The number of aryl methyl sites for hydroxylation is 1. The van der Waals surface area contributed by atoms with Crippen LogP contribution in [0.5, 0.6) is 5.75 Å². The number of nitrogens with zero attached hydrogens (tertiary/aromatic N) is 1. The lowest BCUT2D eigenvalue weighted by Crippen LogP contribution is -2.38. The van der Waals surface area contributed by atoms with E-state index < -0.39 is 39.9 Å². The van der Waals surface area contributed by atoms with Gasteiger partial charge in [0.25, 0.3) is 10.0 Å². The Morgan fingerprint density at radius 3 is 2.24 bits per heavy atom. The van der Waals surface area contributed by atoms with Crippen molar-refractivity contribution in [3.63, 3.8) is 0 Å². The number of amides is 1. The Bertz CT molecular complexity index is 1260. The highest BCUT2D eigenvalue weighted by Gasteiger charge is 2.34. The zero-order valence-electron chi connectivity index (χ0n) is 18.5. The number of carbonyl (C=O) groups is 1. The molecule has 0 bridgehead atoms. The number of carbonyl (C=O) groups excluding carboxylic acids is 1. The summed E-state index contributed by atoms with van der Waals surface area (Å²) >= 11 is 0. The minimum Gasteiger partial charge on any atom is -0.492 e. The predicted molar refractivity (Wildman–Crippen MR) is 123 cm³/mol. The van der Waals surface area contributed by atoms with Gasteiger partial charge in [-0.25, -0.2) is 8.42 Å². The maximum atomic E-state index is 13.5. The largest absolute Gasteiger partial charge is 0.492 e. The van der Waals surface area contributed by atoms with Crippen molar-refractivity contribution in [2.75, 3.05) is 22.8 Å². The number of hydrogen-bond acceptors (Lipinski definition) is 4. The van der Waals surface area contributed by atoms with E-state index in [1.807, 2.05) is 0 Å². The van der Waals surface area contributed by atoms with Gasteiger partial charge in [-0.2, -0.15) is 13.2 Å². The zero-order valence-corrected chi connectivity index (χ0v) is 19.3. The SMILES string of the molecule is CCOc1ccccc1N(CC(=O)Nc1ccccc1C(F)(F)F)S(=O)(=O)c1ccc(C)cc1. The second-order valence-corrected chi connectivity index (χ2v) is 9.18. The third kappa shape index (κ3) is 5.69. The van der Waals surface area contributed by atoms with Crippen LogP contribution in [0.2, 0.25) is 0 Å². The molecule has 0 saturated carbocycles. The van der Waals surface area contributed by atoms with Gasteiger partial charge in [-0.15, -0.1) is 0 Å². The summed E-state index contributed by atoms with van der Waals surface area (Å²) in [6, 6.07) is 16.7. The summed E-state index contributed by atoms with van der Waals surface area (Å²) in [5.41, 5.74) is -0.581. The molecule has 0 atom stereocenters. The molecule has 3 aromatic rings. The van der Waals surface area contributed by atoms with Crippen molar-refractivity contribution in [2.24, 2.45) is 0 Å². The Hall–Kier alpha value is -3.53. The lowest BCUT2D eigenvalue weighted by atomic mass is 10.1. The molecule has 1 amide bonds. The zero-order chi connectivity index (χ0) is 24.9. The minimum absolute atomic E-state index is 0.0760. The molecule has 0 radical (unpaired) electrons. The number of sulfonamides is 1. The molecule has 0 fully saturated rings. The predicted octanol–water partition coefficient (Wildman–Crippen LogP) is 5.25. The van der Waals surface area contributed by atoms with Crippen molar-refractivity contribution in [1.29, 1.82) is 0 Å². The summed E-state index contributed by atoms with van der Waals surface area (Å²) in [5.74, 6) is -0.733. The van der Waals surface area contributed by atoms with E-state index in [1.54, 1.807) is 44.2 Å². The van der Waals surface area contributed by atoms with Crippen LogP contribution in [0.3, 0.4) is 0 Å². The normalized spacial score (nSPS) is 11.7. The number of alkyl halides is 3. The molecule has 0 aliphatic heterocycles. The number of nitrogens with one attached hydrogen (secondary N) is 1. The molecule has 3 rings (SSSR count). The van der Waals surface area contributed by atoms with Crippen molar-refractivity contribution in [2.45, 2.75) is 24.9 Å². The van der Waals surface area contributed by atoms with Gasteiger partial charge >= 0.3 is 6.18 Å². The minimum atomic E-state index is -4.70. The van der Waals surface area contributed by atoms with E-state index in [9.17, 15) is 26.4 Å². The van der Waals surface area contributed by atoms with Crippen LogP contribution in [-0.4, -0.2) is 27.5 Å². The van der Waals surface area contributed by atoms with Crippen molar-refractivity contribution in [1.82, 2.24) is 0 Å². The summed E-state index contributed by atoms with van der Waals surface area (Å²) in [4.78, 5) is 12.8. The van der Waals surface area contributed by atoms with Crippen LogP contribution < -0.4 is 14.4 Å². The highest BCUT2D eigenvalue weighted by atomic mass is 32.2. The highest BCUT2D eigenvalue weighted by Crippen LogP contribution is 2.35. The van der Waals surface area contributed by atoms with Crippen LogP contribution in [-0.2, 0) is 21.0 Å². The van der Waals surface area contributed by atoms with E-state index in [-0.39, 0.29) is 22.9 Å². The number of ether oxygens (including phenoxy) is 1. The van der Waals surface area contributed by atoms with Crippen LogP contribution in [0, 0.1) is 6.92 Å². The van der Waals surface area contributed by atoms with Crippen molar-refractivity contribution in [3.8, 4) is 5.75 Å². The number of anilines is 2. The van der Waals surface area contributed by atoms with Gasteiger partial charge in [0.1, 0.15) is 12.3 Å². The molecule has 3 aromatic carbocycles. The summed E-state index contributed by atoms with van der Waals surface area (Å²) in [6.45, 7) is 2.98. The smallest absolute Gasteiger partial charge is 0.418 e. The van der Waals surface area contributed by atoms with Gasteiger partial charge in [0.15, 0.2) is 0 Å². The summed E-state index contributed by atoms with van der Waals surface area (Å²) in [5, 5.41) is 2.20. The van der Waals surface area contributed by atoms with Gasteiger partial charge in [0.05, 0.1) is 28.4 Å². The maximum absolute atomic E-state index is 13.5. The summed E-state index contributed by atoms with van der Waals surface area (Å²) in [7, 11) is -4.27. The molecule has 34 heavy (non-hydrogen) atoms. The monoisotopic (exact) mass is 492 g/mol. The van der Waals surface area contributed by atoms with E-state index in [4.69, 9.17) is 4.74 Å². The lowest BCUT2D eigenvalue weighted by molar-refractivity contribution is -0.137. The van der Waals surface area contributed by atoms with E-state index in [0.29, 0.717) is 0 Å². The average molecular weight is 493 g/mol. The van der Waals surface area contributed by atoms with Gasteiger partial charge in [0, 0.05) is 0 Å². The van der Waals surface area contributed by atoms with Gasteiger partial charge < -0.3 is 10.1 Å². The molecule has 180 valence electrons. The molecular formula is C24H23F3N2O4S. The Labute approximate surface area is 196 Å². The van der Waals surface area contributed by atoms with Crippen LogP contribution in [0.1, 0.15) is 18.1 Å². The first kappa shape index (κ1) is 25.1. The van der Waals surface area contributed by atoms with Crippen molar-refractivity contribution in [3.05, 3.63) is 83.9 Å². The summed E-state index contributed by atoms with van der Waals surface area (Å²) in [6.07, 6.45) is -4.70. The molecule has 0 aliphatic carbocycles. The quantitative estimate of drug-likeness (QED) is 0.466. The fourth-order valence-corrected chi connectivity index (χ4v) is 4.67. The standard InChI is InChI=1S/C24H23F3N2O4S/c1-3-33-22-11-7-6-10-21(22)29(34(31,32)18-14-12-17(2)13-15-18)16-23(30)28-20-9-5-4-8-19(20)24(25,26)27/h4-15H,3,16H2,1-2H3,(H,28,30). The molecule has 0 saturated heterocycles. The second kappa shape index (κ2) is 10.2. The number of halogens is 3. The third-order valence-corrected chi connectivity index (χ3v) is 6.61. The van der Waals surface area contributed by atoms with E-state index in [0.717, 1.165) is 22.0 Å². The topological polar surface area (TPSA) is 75.7 Å². The lowest BCUT2D eigenvalue weighted by Gasteiger charge is -2.26. The average Bonchev–Trinajstić information content (AvgIpc) is 2.78. The number of rotatable bonds is 8. The summed E-state index contributed by atoms with van der Waals surface area (Å²) < 4.78 is 73.4. The molecule has 1 N–H and O–H groups in total. The first-order chi connectivity index (χ1) is 16.0. The molecule has 0 unspecified atom stereocenters. The van der Waals surface area contributed by atoms with Crippen LogP contribution >= 0.6 is 0 Å². The van der Waals surface area contributed by atoms with Crippen molar-refractivity contribution >= 4 is 27.3 Å².